The molecule has 9 heteroatoms. The van der Waals surface area contributed by atoms with Crippen molar-refractivity contribution >= 4 is 11.7 Å². The molecule has 0 spiro atoms. The molecule has 4 rings (SSSR count). The molecule has 2 aromatic heterocycles. The maximum atomic E-state index is 13.7. The van der Waals surface area contributed by atoms with E-state index in [4.69, 9.17) is 4.74 Å². The van der Waals surface area contributed by atoms with Gasteiger partial charge in [0.05, 0.1) is 7.11 Å². The molecule has 1 aromatic carbocycles. The van der Waals surface area contributed by atoms with E-state index in [0.29, 0.717) is 37.6 Å². The number of piperazine rings is 1. The van der Waals surface area contributed by atoms with E-state index in [1.165, 1.54) is 6.07 Å². The molecule has 1 aliphatic heterocycles. The summed E-state index contributed by atoms with van der Waals surface area (Å²) < 4.78 is 20.7. The fourth-order valence-electron chi connectivity index (χ4n) is 4.04. The Morgan fingerprint density at radius 2 is 1.94 bits per heavy atom. The number of benzene rings is 1. The fraction of sp³-hybridized carbons (Fsp3) is 0.440. The lowest BCUT2D eigenvalue weighted by Gasteiger charge is -2.35. The van der Waals surface area contributed by atoms with Crippen molar-refractivity contribution < 1.29 is 13.9 Å². The van der Waals surface area contributed by atoms with Gasteiger partial charge in [0, 0.05) is 50.4 Å². The van der Waals surface area contributed by atoms with Crippen LogP contribution >= 0.6 is 0 Å². The summed E-state index contributed by atoms with van der Waals surface area (Å²) in [6, 6.07) is 8.58. The lowest BCUT2D eigenvalue weighted by atomic mass is 10.1. The Morgan fingerprint density at radius 3 is 2.65 bits per heavy atom. The number of ether oxygens (including phenoxy) is 1. The summed E-state index contributed by atoms with van der Waals surface area (Å²) in [5.41, 5.74) is 1.30. The second-order valence-corrected chi connectivity index (χ2v) is 8.50. The van der Waals surface area contributed by atoms with Crippen molar-refractivity contribution in [3.05, 3.63) is 53.7 Å². The van der Waals surface area contributed by atoms with Crippen molar-refractivity contribution in [2.45, 2.75) is 39.7 Å². The van der Waals surface area contributed by atoms with E-state index in [9.17, 15) is 9.18 Å². The average molecular weight is 467 g/mol. The number of anilines is 1. The molecule has 0 saturated carbocycles. The van der Waals surface area contributed by atoms with Crippen molar-refractivity contribution in [1.29, 1.82) is 0 Å². The minimum Gasteiger partial charge on any atom is -0.497 e. The Morgan fingerprint density at radius 1 is 1.15 bits per heavy atom. The van der Waals surface area contributed by atoms with Crippen LogP contribution in [0.3, 0.4) is 0 Å². The van der Waals surface area contributed by atoms with Crippen LogP contribution in [0.1, 0.15) is 31.2 Å². The number of nitrogens with zero attached hydrogens (tertiary/aromatic N) is 6. The Labute approximate surface area is 199 Å². The quantitative estimate of drug-likeness (QED) is 0.506. The van der Waals surface area contributed by atoms with Crippen LogP contribution in [0.15, 0.2) is 36.5 Å². The van der Waals surface area contributed by atoms with Gasteiger partial charge < -0.3 is 14.5 Å². The van der Waals surface area contributed by atoms with E-state index in [2.05, 4.69) is 26.9 Å². The molecule has 0 atom stereocenters. The molecule has 1 amide bonds. The lowest BCUT2D eigenvalue weighted by molar-refractivity contribution is -0.132. The van der Waals surface area contributed by atoms with Crippen molar-refractivity contribution in [2.24, 2.45) is 0 Å². The van der Waals surface area contributed by atoms with Crippen molar-refractivity contribution in [1.82, 2.24) is 24.6 Å². The van der Waals surface area contributed by atoms with Crippen molar-refractivity contribution in [3.63, 3.8) is 0 Å². The molecule has 0 bridgehead atoms. The number of rotatable bonds is 8. The van der Waals surface area contributed by atoms with E-state index in [-0.39, 0.29) is 18.3 Å². The van der Waals surface area contributed by atoms with Crippen LogP contribution in [0.4, 0.5) is 10.2 Å². The summed E-state index contributed by atoms with van der Waals surface area (Å²) in [5, 5.41) is 4.62. The second-order valence-electron chi connectivity index (χ2n) is 8.50. The summed E-state index contributed by atoms with van der Waals surface area (Å²) in [7, 11) is 1.64. The monoisotopic (exact) mass is 466 g/mol. The van der Waals surface area contributed by atoms with Crippen LogP contribution in [-0.2, 0) is 17.8 Å². The zero-order valence-electron chi connectivity index (χ0n) is 20.0. The molecular formula is C25H31FN6O2. The zero-order valence-corrected chi connectivity index (χ0v) is 20.0. The highest BCUT2D eigenvalue weighted by atomic mass is 19.1. The third kappa shape index (κ3) is 5.35. The molecule has 3 heterocycles. The van der Waals surface area contributed by atoms with Crippen LogP contribution in [0.5, 0.6) is 5.75 Å². The summed E-state index contributed by atoms with van der Waals surface area (Å²) >= 11 is 0. The van der Waals surface area contributed by atoms with E-state index in [1.54, 1.807) is 37.0 Å². The number of amides is 1. The van der Waals surface area contributed by atoms with Gasteiger partial charge in [-0.05, 0) is 43.2 Å². The number of aromatic nitrogens is 4. The van der Waals surface area contributed by atoms with E-state index in [1.807, 2.05) is 17.0 Å². The molecule has 1 saturated heterocycles. The average Bonchev–Trinajstić information content (AvgIpc) is 3.26. The molecule has 8 nitrogen and oxygen atoms in total. The molecule has 0 N–H and O–H groups in total. The summed E-state index contributed by atoms with van der Waals surface area (Å²) in [6.45, 7) is 6.61. The van der Waals surface area contributed by atoms with Crippen molar-refractivity contribution in [2.75, 3.05) is 38.2 Å². The molecule has 34 heavy (non-hydrogen) atoms. The lowest BCUT2D eigenvalue weighted by Crippen LogP contribution is -2.50. The van der Waals surface area contributed by atoms with Crippen LogP contribution in [0, 0.1) is 12.7 Å². The highest BCUT2D eigenvalue weighted by Gasteiger charge is 2.24. The second kappa shape index (κ2) is 10.6. The fourth-order valence-corrected chi connectivity index (χ4v) is 4.04. The first-order valence-corrected chi connectivity index (χ1v) is 11.7. The van der Waals surface area contributed by atoms with Gasteiger partial charge >= 0.3 is 0 Å². The number of halogens is 1. The number of hydrogen-bond acceptors (Lipinski definition) is 6. The molecule has 0 unspecified atom stereocenters. The van der Waals surface area contributed by atoms with Gasteiger partial charge in [0.25, 0.3) is 0 Å². The minimum atomic E-state index is -0.257. The third-order valence-corrected chi connectivity index (χ3v) is 6.11. The number of hydrogen-bond donors (Lipinski definition) is 0. The first-order valence-electron chi connectivity index (χ1n) is 11.7. The highest BCUT2D eigenvalue weighted by Crippen LogP contribution is 2.21. The normalized spacial score (nSPS) is 13.9. The van der Waals surface area contributed by atoms with Gasteiger partial charge in [-0.1, -0.05) is 13.3 Å². The maximum absolute atomic E-state index is 13.7. The zero-order chi connectivity index (χ0) is 24.1. The minimum absolute atomic E-state index is 0.0164. The van der Waals surface area contributed by atoms with Gasteiger partial charge in [-0.3, -0.25) is 4.79 Å². The number of aryl methyl sites for hydroxylation is 2. The van der Waals surface area contributed by atoms with E-state index in [0.717, 1.165) is 42.2 Å². The number of pyridine rings is 1. The Kier molecular flexibility index (Phi) is 7.40. The molecular weight excluding hydrogens is 435 g/mol. The van der Waals surface area contributed by atoms with E-state index >= 15 is 0 Å². The summed E-state index contributed by atoms with van der Waals surface area (Å²) in [5.74, 6) is 2.68. The Bertz CT molecular complexity index is 1140. The maximum Gasteiger partial charge on any atom is 0.244 e. The molecule has 3 aromatic rings. The van der Waals surface area contributed by atoms with Crippen molar-refractivity contribution in [3.8, 4) is 17.1 Å². The van der Waals surface area contributed by atoms with Crippen LogP contribution < -0.4 is 9.64 Å². The largest absolute Gasteiger partial charge is 0.497 e. The van der Waals surface area contributed by atoms with Gasteiger partial charge in [-0.25, -0.2) is 19.0 Å². The standard InChI is InChI=1S/C25H31FN6O2/c1-4-5-6-22-28-25(19-7-8-21(26)18(2)15-19)29-32(22)17-24(33)31-13-11-30(12-14-31)23-16-20(34-3)9-10-27-23/h7-10,15-16H,4-6,11-14,17H2,1-3H3. The molecule has 1 fully saturated rings. The number of carbonyl (C=O) groups excluding carboxylic acids is 1. The first-order chi connectivity index (χ1) is 16.5. The summed E-state index contributed by atoms with van der Waals surface area (Å²) in [4.78, 5) is 26.2. The van der Waals surface area contributed by atoms with Gasteiger partial charge in [0.15, 0.2) is 5.82 Å². The summed E-state index contributed by atoms with van der Waals surface area (Å²) in [6.07, 6.45) is 4.45. The Balaban J connectivity index is 1.44. The molecule has 0 radical (unpaired) electrons. The third-order valence-electron chi connectivity index (χ3n) is 6.11. The van der Waals surface area contributed by atoms with Gasteiger partial charge in [-0.2, -0.15) is 5.10 Å². The predicted molar refractivity (Wildman–Crippen MR) is 128 cm³/mol. The van der Waals surface area contributed by atoms with Crippen LogP contribution in [-0.4, -0.2) is 63.8 Å². The number of unbranched alkanes of at least 4 members (excludes halogenated alkanes) is 1. The SMILES string of the molecule is CCCCc1nc(-c2ccc(F)c(C)c2)nn1CC(=O)N1CCN(c2cc(OC)ccn2)CC1. The Hall–Kier alpha value is -3.49. The number of methoxy groups -OCH3 is 1. The first kappa shape index (κ1) is 23.7. The smallest absolute Gasteiger partial charge is 0.244 e. The molecule has 1 aliphatic rings. The number of carbonyl (C=O) groups is 1. The van der Waals surface area contributed by atoms with Gasteiger partial charge in [0.2, 0.25) is 5.91 Å². The van der Waals surface area contributed by atoms with Gasteiger partial charge in [0.1, 0.15) is 29.8 Å². The molecule has 180 valence electrons. The topological polar surface area (TPSA) is 76.4 Å². The van der Waals surface area contributed by atoms with Gasteiger partial charge in [-0.15, -0.1) is 0 Å². The van der Waals surface area contributed by atoms with Crippen LogP contribution in [0.25, 0.3) is 11.4 Å². The molecule has 0 aliphatic carbocycles. The highest BCUT2D eigenvalue weighted by molar-refractivity contribution is 5.76. The predicted octanol–water partition coefficient (Wildman–Crippen LogP) is 3.49. The van der Waals surface area contributed by atoms with E-state index < -0.39 is 0 Å². The van der Waals surface area contributed by atoms with Crippen LogP contribution in [0.2, 0.25) is 0 Å².